The third-order valence-corrected chi connectivity index (χ3v) is 3.15. The quantitative estimate of drug-likeness (QED) is 0.730. The van der Waals surface area contributed by atoms with E-state index in [0.717, 1.165) is 10.7 Å². The van der Waals surface area contributed by atoms with Crippen molar-refractivity contribution in [3.63, 3.8) is 0 Å². The Morgan fingerprint density at radius 3 is 2.94 bits per heavy atom. The van der Waals surface area contributed by atoms with Crippen LogP contribution in [0.1, 0.15) is 10.7 Å². The van der Waals surface area contributed by atoms with Gasteiger partial charge in [0.15, 0.2) is 0 Å². The lowest BCUT2D eigenvalue weighted by Crippen LogP contribution is -2.39. The lowest BCUT2D eigenvalue weighted by Gasteiger charge is -2.25. The average Bonchev–Trinajstić information content (AvgIpc) is 2.73. The molecule has 1 aliphatic rings. The van der Waals surface area contributed by atoms with Gasteiger partial charge in [-0.25, -0.2) is 4.98 Å². The summed E-state index contributed by atoms with van der Waals surface area (Å²) < 4.78 is 5.19. The Morgan fingerprint density at radius 2 is 2.31 bits per heavy atom. The molecule has 1 saturated heterocycles. The van der Waals surface area contributed by atoms with Crippen molar-refractivity contribution in [1.29, 1.82) is 0 Å². The summed E-state index contributed by atoms with van der Waals surface area (Å²) in [6.45, 7) is 4.58. The minimum absolute atomic E-state index is 0.0361. The van der Waals surface area contributed by atoms with E-state index in [1.54, 1.807) is 28.4 Å². The Kier molecular flexibility index (Phi) is 3.69. The van der Waals surface area contributed by atoms with E-state index < -0.39 is 0 Å². The van der Waals surface area contributed by atoms with Gasteiger partial charge in [-0.3, -0.25) is 4.79 Å². The number of rotatable bonds is 2. The number of thiazole rings is 1. The maximum atomic E-state index is 11.7. The van der Waals surface area contributed by atoms with Crippen molar-refractivity contribution >= 4 is 23.3 Å². The zero-order valence-electron chi connectivity index (χ0n) is 9.18. The SMILES string of the molecule is Cc1nc(/C=C/C(=O)N2CCOCC2)cs1. The molecule has 4 nitrogen and oxygen atoms in total. The standard InChI is InChI=1S/C11H14N2O2S/c1-9-12-10(8-16-9)2-3-11(14)13-4-6-15-7-5-13/h2-3,8H,4-7H2,1H3/b3-2+. The highest BCUT2D eigenvalue weighted by Gasteiger charge is 2.13. The van der Waals surface area contributed by atoms with Gasteiger partial charge in [-0.05, 0) is 13.0 Å². The zero-order chi connectivity index (χ0) is 11.4. The first-order chi connectivity index (χ1) is 7.75. The van der Waals surface area contributed by atoms with Crippen LogP contribution in [0.15, 0.2) is 11.5 Å². The number of amides is 1. The molecule has 86 valence electrons. The third kappa shape index (κ3) is 2.90. The highest BCUT2D eigenvalue weighted by molar-refractivity contribution is 7.09. The number of nitrogens with zero attached hydrogens (tertiary/aromatic N) is 2. The van der Waals surface area contributed by atoms with E-state index in [1.807, 2.05) is 12.3 Å². The van der Waals surface area contributed by atoms with E-state index in [0.29, 0.717) is 26.3 Å². The number of ether oxygens (including phenoxy) is 1. The van der Waals surface area contributed by atoms with Gasteiger partial charge in [0.2, 0.25) is 5.91 Å². The second kappa shape index (κ2) is 5.23. The second-order valence-electron chi connectivity index (χ2n) is 3.56. The average molecular weight is 238 g/mol. The fourth-order valence-corrected chi connectivity index (χ4v) is 2.08. The Labute approximate surface area is 98.6 Å². The Hall–Kier alpha value is -1.20. The van der Waals surface area contributed by atoms with Crippen LogP contribution in [0.25, 0.3) is 6.08 Å². The van der Waals surface area contributed by atoms with E-state index in [1.165, 1.54) is 0 Å². The highest BCUT2D eigenvalue weighted by Crippen LogP contribution is 2.09. The van der Waals surface area contributed by atoms with Crippen LogP contribution in [0, 0.1) is 6.92 Å². The molecule has 5 heteroatoms. The van der Waals surface area contributed by atoms with Crippen molar-refractivity contribution in [3.05, 3.63) is 22.2 Å². The summed E-state index contributed by atoms with van der Waals surface area (Å²) in [7, 11) is 0. The molecule has 0 atom stereocenters. The molecule has 1 aliphatic heterocycles. The molecule has 0 N–H and O–H groups in total. The molecular formula is C11H14N2O2S. The fraction of sp³-hybridized carbons (Fsp3) is 0.455. The van der Waals surface area contributed by atoms with Crippen molar-refractivity contribution in [3.8, 4) is 0 Å². The van der Waals surface area contributed by atoms with Gasteiger partial charge in [0.05, 0.1) is 23.9 Å². The van der Waals surface area contributed by atoms with E-state index in [-0.39, 0.29) is 5.91 Å². The number of aryl methyl sites for hydroxylation is 1. The van der Waals surface area contributed by atoms with Crippen LogP contribution in [-0.4, -0.2) is 42.1 Å². The maximum absolute atomic E-state index is 11.7. The molecular weight excluding hydrogens is 224 g/mol. The molecule has 0 spiro atoms. The monoisotopic (exact) mass is 238 g/mol. The first-order valence-corrected chi connectivity index (χ1v) is 6.10. The molecule has 0 aliphatic carbocycles. The van der Waals surface area contributed by atoms with Crippen LogP contribution < -0.4 is 0 Å². The number of hydrogen-bond acceptors (Lipinski definition) is 4. The molecule has 1 aromatic rings. The van der Waals surface area contributed by atoms with Crippen LogP contribution in [0.2, 0.25) is 0 Å². The Morgan fingerprint density at radius 1 is 1.56 bits per heavy atom. The second-order valence-corrected chi connectivity index (χ2v) is 4.62. The van der Waals surface area contributed by atoms with Crippen molar-refractivity contribution < 1.29 is 9.53 Å². The van der Waals surface area contributed by atoms with Gasteiger partial charge in [0.25, 0.3) is 0 Å². The van der Waals surface area contributed by atoms with Crippen molar-refractivity contribution in [1.82, 2.24) is 9.88 Å². The van der Waals surface area contributed by atoms with Crippen LogP contribution >= 0.6 is 11.3 Å². The van der Waals surface area contributed by atoms with E-state index in [9.17, 15) is 4.79 Å². The molecule has 0 saturated carbocycles. The fourth-order valence-electron chi connectivity index (χ4n) is 1.50. The predicted octanol–water partition coefficient (Wildman–Crippen LogP) is 1.32. The summed E-state index contributed by atoms with van der Waals surface area (Å²) in [5, 5.41) is 2.96. The summed E-state index contributed by atoms with van der Waals surface area (Å²) >= 11 is 1.58. The number of hydrogen-bond donors (Lipinski definition) is 0. The van der Waals surface area contributed by atoms with Gasteiger partial charge in [-0.2, -0.15) is 0 Å². The predicted molar refractivity (Wildman–Crippen MR) is 63.3 cm³/mol. The molecule has 1 aromatic heterocycles. The first-order valence-electron chi connectivity index (χ1n) is 5.22. The summed E-state index contributed by atoms with van der Waals surface area (Å²) in [6.07, 6.45) is 3.35. The molecule has 0 unspecified atom stereocenters. The minimum atomic E-state index is 0.0361. The number of carbonyl (C=O) groups excluding carboxylic acids is 1. The lowest BCUT2D eigenvalue weighted by molar-refractivity contribution is -0.129. The van der Waals surface area contributed by atoms with Gasteiger partial charge in [0, 0.05) is 24.5 Å². The van der Waals surface area contributed by atoms with Gasteiger partial charge in [-0.15, -0.1) is 11.3 Å². The van der Waals surface area contributed by atoms with Crippen LogP contribution in [0.3, 0.4) is 0 Å². The molecule has 1 amide bonds. The topological polar surface area (TPSA) is 42.4 Å². The summed E-state index contributed by atoms with van der Waals surface area (Å²) in [4.78, 5) is 17.8. The smallest absolute Gasteiger partial charge is 0.246 e. The Balaban J connectivity index is 1.93. The minimum Gasteiger partial charge on any atom is -0.378 e. The third-order valence-electron chi connectivity index (χ3n) is 2.36. The number of aromatic nitrogens is 1. The van der Waals surface area contributed by atoms with Gasteiger partial charge < -0.3 is 9.64 Å². The summed E-state index contributed by atoms with van der Waals surface area (Å²) in [6, 6.07) is 0. The van der Waals surface area contributed by atoms with Crippen molar-refractivity contribution in [2.75, 3.05) is 26.3 Å². The molecule has 16 heavy (non-hydrogen) atoms. The summed E-state index contributed by atoms with van der Waals surface area (Å²) in [5.41, 5.74) is 0.851. The van der Waals surface area contributed by atoms with Crippen LogP contribution in [0.5, 0.6) is 0 Å². The number of carbonyl (C=O) groups is 1. The lowest BCUT2D eigenvalue weighted by atomic mass is 10.3. The van der Waals surface area contributed by atoms with Gasteiger partial charge in [-0.1, -0.05) is 0 Å². The zero-order valence-corrected chi connectivity index (χ0v) is 10.00. The molecule has 0 radical (unpaired) electrons. The first kappa shape index (κ1) is 11.3. The van der Waals surface area contributed by atoms with Gasteiger partial charge in [0.1, 0.15) is 0 Å². The van der Waals surface area contributed by atoms with Crippen molar-refractivity contribution in [2.24, 2.45) is 0 Å². The van der Waals surface area contributed by atoms with Gasteiger partial charge >= 0.3 is 0 Å². The molecule has 2 rings (SSSR count). The summed E-state index contributed by atoms with van der Waals surface area (Å²) in [5.74, 6) is 0.0361. The molecule has 0 aromatic carbocycles. The largest absolute Gasteiger partial charge is 0.378 e. The van der Waals surface area contributed by atoms with E-state index in [4.69, 9.17) is 4.74 Å². The molecule has 1 fully saturated rings. The normalized spacial score (nSPS) is 16.9. The Bertz CT molecular complexity index is 394. The van der Waals surface area contributed by atoms with E-state index in [2.05, 4.69) is 4.98 Å². The van der Waals surface area contributed by atoms with Crippen molar-refractivity contribution in [2.45, 2.75) is 6.92 Å². The molecule has 0 bridgehead atoms. The maximum Gasteiger partial charge on any atom is 0.246 e. The van der Waals surface area contributed by atoms with E-state index >= 15 is 0 Å². The highest BCUT2D eigenvalue weighted by atomic mass is 32.1. The number of morpholine rings is 1. The van der Waals surface area contributed by atoms with Crippen LogP contribution in [0.4, 0.5) is 0 Å². The van der Waals surface area contributed by atoms with Crippen LogP contribution in [-0.2, 0) is 9.53 Å². The molecule has 2 heterocycles.